The number of aryl methyl sites for hydroxylation is 1. The van der Waals surface area contributed by atoms with Gasteiger partial charge in [-0.15, -0.1) is 6.58 Å². The summed E-state index contributed by atoms with van der Waals surface area (Å²) in [6.07, 6.45) is 9.41. The molecule has 23 heavy (non-hydrogen) atoms. The molecule has 0 saturated carbocycles. The van der Waals surface area contributed by atoms with Crippen molar-refractivity contribution in [2.45, 2.75) is 71.8 Å². The van der Waals surface area contributed by atoms with Gasteiger partial charge in [0.2, 0.25) is 0 Å². The summed E-state index contributed by atoms with van der Waals surface area (Å²) >= 11 is 0. The minimum absolute atomic E-state index is 0.0674. The molecule has 1 aromatic rings. The van der Waals surface area contributed by atoms with Gasteiger partial charge in [0.1, 0.15) is 5.56 Å². The first-order valence-electron chi connectivity index (χ1n) is 8.66. The highest BCUT2D eigenvalue weighted by molar-refractivity contribution is 5.88. The summed E-state index contributed by atoms with van der Waals surface area (Å²) in [5.41, 5.74) is 1.16. The van der Waals surface area contributed by atoms with E-state index in [0.29, 0.717) is 18.7 Å². The summed E-state index contributed by atoms with van der Waals surface area (Å²) < 4.78 is 1.99. The zero-order valence-electron chi connectivity index (χ0n) is 14.4. The van der Waals surface area contributed by atoms with Crippen molar-refractivity contribution in [2.24, 2.45) is 0 Å². The first kappa shape index (κ1) is 19.2. The fraction of sp³-hybridized carbons (Fsp3) is 0.579. The van der Waals surface area contributed by atoms with Gasteiger partial charge in [-0.25, -0.2) is 4.79 Å². The topological polar surface area (TPSA) is 59.3 Å². The van der Waals surface area contributed by atoms with Crippen molar-refractivity contribution in [1.29, 1.82) is 0 Å². The van der Waals surface area contributed by atoms with Gasteiger partial charge in [0.05, 0.1) is 0 Å². The van der Waals surface area contributed by atoms with E-state index in [2.05, 4.69) is 20.4 Å². The Morgan fingerprint density at radius 2 is 1.78 bits per heavy atom. The Balaban J connectivity index is 3.33. The predicted molar refractivity (Wildman–Crippen MR) is 94.3 cm³/mol. The standard InChI is InChI=1S/C19H29NO3/c1-4-7-9-11-15-14-17(21)18(19(22)23)16(12-10-8-5-2)20(15)13-6-3/h6,14H,3-5,7-13H2,1-2H3,(H,22,23). The highest BCUT2D eigenvalue weighted by atomic mass is 16.4. The Bertz CT molecular complexity index is 587. The quantitative estimate of drug-likeness (QED) is 0.491. The van der Waals surface area contributed by atoms with Crippen molar-refractivity contribution in [1.82, 2.24) is 4.57 Å². The molecule has 0 aliphatic heterocycles. The largest absolute Gasteiger partial charge is 0.477 e. The van der Waals surface area contributed by atoms with Crippen LogP contribution in [0, 0.1) is 0 Å². The number of nitrogens with zero attached hydrogens (tertiary/aromatic N) is 1. The molecule has 1 rings (SSSR count). The van der Waals surface area contributed by atoms with Gasteiger partial charge in [-0.2, -0.15) is 0 Å². The lowest BCUT2D eigenvalue weighted by Gasteiger charge is -2.19. The number of carbonyl (C=O) groups is 1. The van der Waals surface area contributed by atoms with Gasteiger partial charge in [-0.1, -0.05) is 45.6 Å². The highest BCUT2D eigenvalue weighted by Crippen LogP contribution is 2.16. The Morgan fingerprint density at radius 3 is 2.30 bits per heavy atom. The second-order valence-electron chi connectivity index (χ2n) is 5.94. The SMILES string of the molecule is C=CCn1c(CCCCC)cc(=O)c(C(=O)O)c1CCCCC. The lowest BCUT2D eigenvalue weighted by molar-refractivity contribution is 0.0693. The van der Waals surface area contributed by atoms with Gasteiger partial charge in [-0.05, 0) is 25.7 Å². The molecule has 0 saturated heterocycles. The van der Waals surface area contributed by atoms with Gasteiger partial charge in [-0.3, -0.25) is 4.79 Å². The van der Waals surface area contributed by atoms with Crippen LogP contribution in [0.15, 0.2) is 23.5 Å². The first-order chi connectivity index (χ1) is 11.1. The molecule has 4 nitrogen and oxygen atoms in total. The van der Waals surface area contributed by atoms with Crippen LogP contribution in [-0.4, -0.2) is 15.6 Å². The van der Waals surface area contributed by atoms with Crippen LogP contribution >= 0.6 is 0 Å². The number of unbranched alkanes of at least 4 members (excludes halogenated alkanes) is 4. The maximum atomic E-state index is 12.3. The third-order valence-corrected chi connectivity index (χ3v) is 4.08. The second kappa shape index (κ2) is 10.0. The Kier molecular flexibility index (Phi) is 8.38. The molecule has 0 aliphatic carbocycles. The average molecular weight is 319 g/mol. The molecule has 0 fully saturated rings. The number of aromatic carboxylic acids is 1. The summed E-state index contributed by atoms with van der Waals surface area (Å²) in [6.45, 7) is 8.57. The van der Waals surface area contributed by atoms with E-state index in [-0.39, 0.29) is 11.0 Å². The van der Waals surface area contributed by atoms with E-state index in [9.17, 15) is 14.7 Å². The lowest BCUT2D eigenvalue weighted by Crippen LogP contribution is -2.25. The molecule has 0 aromatic carbocycles. The predicted octanol–water partition coefficient (Wildman–Crippen LogP) is 4.20. The molecule has 0 unspecified atom stereocenters. The molecule has 1 heterocycles. The zero-order chi connectivity index (χ0) is 17.2. The van der Waals surface area contributed by atoms with Crippen LogP contribution in [0.25, 0.3) is 0 Å². The van der Waals surface area contributed by atoms with Crippen LogP contribution in [0.1, 0.15) is 74.1 Å². The number of hydrogen-bond donors (Lipinski definition) is 1. The normalized spacial score (nSPS) is 10.7. The van der Waals surface area contributed by atoms with Gasteiger partial charge < -0.3 is 9.67 Å². The van der Waals surface area contributed by atoms with Gasteiger partial charge >= 0.3 is 5.97 Å². The fourth-order valence-electron chi connectivity index (χ4n) is 2.90. The maximum absolute atomic E-state index is 12.3. The van der Waals surface area contributed by atoms with E-state index in [4.69, 9.17) is 0 Å². The van der Waals surface area contributed by atoms with Crippen LogP contribution in [-0.2, 0) is 19.4 Å². The van der Waals surface area contributed by atoms with E-state index in [0.717, 1.165) is 50.6 Å². The van der Waals surface area contributed by atoms with Crippen molar-refractivity contribution < 1.29 is 9.90 Å². The summed E-state index contributed by atoms with van der Waals surface area (Å²) in [6, 6.07) is 1.51. The molecule has 0 atom stereocenters. The highest BCUT2D eigenvalue weighted by Gasteiger charge is 2.19. The lowest BCUT2D eigenvalue weighted by atomic mass is 10.0. The molecule has 0 bridgehead atoms. The first-order valence-corrected chi connectivity index (χ1v) is 8.66. The number of pyridine rings is 1. The minimum atomic E-state index is -1.13. The number of aromatic nitrogens is 1. The van der Waals surface area contributed by atoms with Crippen LogP contribution in [0.3, 0.4) is 0 Å². The Morgan fingerprint density at radius 1 is 1.17 bits per heavy atom. The van der Waals surface area contributed by atoms with Crippen LogP contribution in [0.2, 0.25) is 0 Å². The Hall–Kier alpha value is -1.84. The minimum Gasteiger partial charge on any atom is -0.477 e. The molecule has 1 aromatic heterocycles. The van der Waals surface area contributed by atoms with E-state index in [1.54, 1.807) is 6.08 Å². The monoisotopic (exact) mass is 319 g/mol. The molecular weight excluding hydrogens is 290 g/mol. The molecule has 4 heteroatoms. The zero-order valence-corrected chi connectivity index (χ0v) is 14.4. The van der Waals surface area contributed by atoms with Gasteiger partial charge in [0.15, 0.2) is 5.43 Å². The van der Waals surface area contributed by atoms with E-state index in [1.165, 1.54) is 6.07 Å². The van der Waals surface area contributed by atoms with Crippen molar-refractivity contribution in [3.8, 4) is 0 Å². The van der Waals surface area contributed by atoms with Crippen LogP contribution in [0.4, 0.5) is 0 Å². The van der Waals surface area contributed by atoms with Crippen molar-refractivity contribution in [3.05, 3.63) is 45.9 Å². The fourth-order valence-corrected chi connectivity index (χ4v) is 2.90. The average Bonchev–Trinajstić information content (AvgIpc) is 2.50. The molecule has 0 amide bonds. The summed E-state index contributed by atoms with van der Waals surface area (Å²) in [7, 11) is 0. The van der Waals surface area contributed by atoms with Crippen molar-refractivity contribution in [2.75, 3.05) is 0 Å². The third kappa shape index (κ3) is 5.38. The maximum Gasteiger partial charge on any atom is 0.341 e. The van der Waals surface area contributed by atoms with Crippen LogP contribution < -0.4 is 5.43 Å². The Labute approximate surface area is 138 Å². The van der Waals surface area contributed by atoms with Crippen molar-refractivity contribution in [3.63, 3.8) is 0 Å². The number of hydrogen-bond acceptors (Lipinski definition) is 2. The summed E-state index contributed by atoms with van der Waals surface area (Å²) in [5.74, 6) is -1.13. The van der Waals surface area contributed by atoms with E-state index >= 15 is 0 Å². The number of carboxylic acid groups (broad SMARTS) is 1. The second-order valence-corrected chi connectivity index (χ2v) is 5.94. The number of rotatable bonds is 11. The molecule has 0 radical (unpaired) electrons. The molecule has 0 aliphatic rings. The van der Waals surface area contributed by atoms with Crippen LogP contribution in [0.5, 0.6) is 0 Å². The number of carboxylic acids is 1. The van der Waals surface area contributed by atoms with E-state index < -0.39 is 5.97 Å². The van der Waals surface area contributed by atoms with Gasteiger partial charge in [0, 0.05) is 24.0 Å². The van der Waals surface area contributed by atoms with E-state index in [1.807, 2.05) is 4.57 Å². The van der Waals surface area contributed by atoms with Gasteiger partial charge in [0.25, 0.3) is 0 Å². The molecule has 0 spiro atoms. The van der Waals surface area contributed by atoms with Crippen molar-refractivity contribution >= 4 is 5.97 Å². The molecule has 128 valence electrons. The smallest absolute Gasteiger partial charge is 0.341 e. The number of allylic oxidation sites excluding steroid dienone is 1. The summed E-state index contributed by atoms with van der Waals surface area (Å²) in [5, 5.41) is 9.46. The molecular formula is C19H29NO3. The third-order valence-electron chi connectivity index (χ3n) is 4.08. The molecule has 1 N–H and O–H groups in total. The summed E-state index contributed by atoms with van der Waals surface area (Å²) in [4.78, 5) is 23.9.